The summed E-state index contributed by atoms with van der Waals surface area (Å²) in [4.78, 5) is 13.3. The van der Waals surface area contributed by atoms with Gasteiger partial charge >= 0.3 is 5.97 Å². The minimum absolute atomic E-state index is 0.426. The van der Waals surface area contributed by atoms with Crippen molar-refractivity contribution in [2.24, 2.45) is 0 Å². The molecular weight excluding hydrogens is 190 g/mol. The lowest BCUT2D eigenvalue weighted by Crippen LogP contribution is -2.28. The quantitative estimate of drug-likeness (QED) is 0.804. The molecule has 0 aromatic heterocycles. The molecule has 0 unspecified atom stereocenters. The summed E-state index contributed by atoms with van der Waals surface area (Å²) in [5, 5.41) is 9.06. The number of carboxylic acids is 1. The van der Waals surface area contributed by atoms with Crippen LogP contribution in [0.3, 0.4) is 0 Å². The molecule has 0 spiro atoms. The third kappa shape index (κ3) is 1.58. The van der Waals surface area contributed by atoms with Gasteiger partial charge in [-0.25, -0.2) is 4.79 Å². The predicted octanol–water partition coefficient (Wildman–Crippen LogP) is 2.16. The van der Waals surface area contributed by atoms with Crippen molar-refractivity contribution in [2.45, 2.75) is 26.3 Å². The van der Waals surface area contributed by atoms with Gasteiger partial charge in [0.15, 0.2) is 0 Å². The number of fused-ring (bicyclic) bond motifs is 1. The van der Waals surface area contributed by atoms with E-state index < -0.39 is 5.97 Å². The highest BCUT2D eigenvalue weighted by atomic mass is 16.4. The molecule has 1 aromatic rings. The molecule has 1 aliphatic rings. The molecule has 1 N–H and O–H groups in total. The third-order valence-electron chi connectivity index (χ3n) is 2.92. The fourth-order valence-electron chi connectivity index (χ4n) is 2.20. The lowest BCUT2D eigenvalue weighted by atomic mass is 10.1. The van der Waals surface area contributed by atoms with Crippen LogP contribution in [-0.2, 0) is 6.42 Å². The molecule has 0 radical (unpaired) electrons. The van der Waals surface area contributed by atoms with E-state index in [1.807, 2.05) is 12.1 Å². The molecule has 0 bridgehead atoms. The Balaban J connectivity index is 2.48. The normalized spacial score (nSPS) is 14.5. The summed E-state index contributed by atoms with van der Waals surface area (Å²) in [6.45, 7) is 5.18. The van der Waals surface area contributed by atoms with Crippen molar-refractivity contribution in [3.8, 4) is 0 Å². The van der Waals surface area contributed by atoms with Gasteiger partial charge in [-0.2, -0.15) is 0 Å². The topological polar surface area (TPSA) is 40.5 Å². The van der Waals surface area contributed by atoms with Gasteiger partial charge < -0.3 is 10.0 Å². The first-order valence-electron chi connectivity index (χ1n) is 5.23. The lowest BCUT2D eigenvalue weighted by molar-refractivity contribution is 0.0696. The molecule has 3 nitrogen and oxygen atoms in total. The Morgan fingerprint density at radius 1 is 1.47 bits per heavy atom. The van der Waals surface area contributed by atoms with E-state index in [9.17, 15) is 4.79 Å². The Hall–Kier alpha value is -1.51. The number of carbonyl (C=O) groups is 1. The van der Waals surface area contributed by atoms with Crippen LogP contribution in [0.1, 0.15) is 29.8 Å². The molecule has 0 saturated carbocycles. The highest BCUT2D eigenvalue weighted by Gasteiger charge is 2.25. The van der Waals surface area contributed by atoms with Crippen molar-refractivity contribution in [2.75, 3.05) is 11.4 Å². The van der Waals surface area contributed by atoms with Gasteiger partial charge in [0.1, 0.15) is 0 Å². The Kier molecular flexibility index (Phi) is 2.39. The molecule has 15 heavy (non-hydrogen) atoms. The second-order valence-electron chi connectivity index (χ2n) is 4.15. The fraction of sp³-hybridized carbons (Fsp3) is 0.417. The van der Waals surface area contributed by atoms with Gasteiger partial charge in [-0.1, -0.05) is 6.07 Å². The van der Waals surface area contributed by atoms with E-state index in [2.05, 4.69) is 18.7 Å². The first kappa shape index (κ1) is 10.0. The van der Waals surface area contributed by atoms with E-state index in [4.69, 9.17) is 5.11 Å². The second-order valence-corrected chi connectivity index (χ2v) is 4.15. The maximum absolute atomic E-state index is 11.0. The number of hydrogen-bond acceptors (Lipinski definition) is 2. The van der Waals surface area contributed by atoms with Gasteiger partial charge in [0.05, 0.1) is 5.56 Å². The largest absolute Gasteiger partial charge is 0.478 e. The van der Waals surface area contributed by atoms with Crippen LogP contribution in [0.4, 0.5) is 5.69 Å². The van der Waals surface area contributed by atoms with E-state index in [0.29, 0.717) is 11.6 Å². The molecule has 0 saturated heterocycles. The number of aromatic carboxylic acids is 1. The Bertz CT molecular complexity index is 399. The summed E-state index contributed by atoms with van der Waals surface area (Å²) in [5.41, 5.74) is 2.53. The van der Waals surface area contributed by atoms with Gasteiger partial charge in [0, 0.05) is 18.3 Å². The second kappa shape index (κ2) is 3.57. The number of carboxylic acid groups (broad SMARTS) is 1. The molecule has 0 aliphatic carbocycles. The Morgan fingerprint density at radius 2 is 2.20 bits per heavy atom. The number of anilines is 1. The van der Waals surface area contributed by atoms with Crippen molar-refractivity contribution in [1.82, 2.24) is 0 Å². The van der Waals surface area contributed by atoms with Gasteiger partial charge in [0.2, 0.25) is 0 Å². The van der Waals surface area contributed by atoms with Crippen molar-refractivity contribution in [3.63, 3.8) is 0 Å². The van der Waals surface area contributed by atoms with Crippen LogP contribution in [0, 0.1) is 0 Å². The third-order valence-corrected chi connectivity index (χ3v) is 2.92. The van der Waals surface area contributed by atoms with E-state index in [0.717, 1.165) is 24.2 Å². The summed E-state index contributed by atoms with van der Waals surface area (Å²) in [5.74, 6) is -0.822. The Labute approximate surface area is 89.3 Å². The number of hydrogen-bond donors (Lipinski definition) is 1. The van der Waals surface area contributed by atoms with Crippen molar-refractivity contribution < 1.29 is 9.90 Å². The van der Waals surface area contributed by atoms with Gasteiger partial charge in [-0.15, -0.1) is 0 Å². The molecule has 2 rings (SSSR count). The molecule has 0 fully saturated rings. The summed E-state index contributed by atoms with van der Waals surface area (Å²) < 4.78 is 0. The lowest BCUT2D eigenvalue weighted by Gasteiger charge is -2.23. The predicted molar refractivity (Wildman–Crippen MR) is 59.6 cm³/mol. The molecule has 1 heterocycles. The first-order chi connectivity index (χ1) is 7.11. The zero-order chi connectivity index (χ0) is 11.0. The van der Waals surface area contributed by atoms with Crippen LogP contribution in [0.25, 0.3) is 0 Å². The molecular formula is C12H15NO2. The minimum atomic E-state index is -0.822. The van der Waals surface area contributed by atoms with Gasteiger partial charge in [0.25, 0.3) is 0 Å². The molecule has 3 heteroatoms. The van der Waals surface area contributed by atoms with Crippen LogP contribution in [-0.4, -0.2) is 23.7 Å². The molecule has 1 aromatic carbocycles. The van der Waals surface area contributed by atoms with E-state index >= 15 is 0 Å². The maximum atomic E-state index is 11.0. The van der Waals surface area contributed by atoms with E-state index in [-0.39, 0.29) is 0 Å². The van der Waals surface area contributed by atoms with Gasteiger partial charge in [-0.3, -0.25) is 0 Å². The summed E-state index contributed by atoms with van der Waals surface area (Å²) in [7, 11) is 0. The molecule has 80 valence electrons. The minimum Gasteiger partial charge on any atom is -0.478 e. The van der Waals surface area contributed by atoms with E-state index in [1.165, 1.54) is 0 Å². The first-order valence-corrected chi connectivity index (χ1v) is 5.23. The molecule has 0 atom stereocenters. The van der Waals surface area contributed by atoms with Crippen LogP contribution in [0.5, 0.6) is 0 Å². The average molecular weight is 205 g/mol. The fourth-order valence-corrected chi connectivity index (χ4v) is 2.20. The maximum Gasteiger partial charge on any atom is 0.336 e. The van der Waals surface area contributed by atoms with Crippen LogP contribution in [0.15, 0.2) is 18.2 Å². The summed E-state index contributed by atoms with van der Waals surface area (Å²) in [6.07, 6.45) is 0.843. The standard InChI is InChI=1S/C12H15NO2/c1-8(2)13-7-6-9-10(12(14)15)4-3-5-11(9)13/h3-5,8H,6-7H2,1-2H3,(H,14,15). The smallest absolute Gasteiger partial charge is 0.336 e. The van der Waals surface area contributed by atoms with Crippen molar-refractivity contribution in [1.29, 1.82) is 0 Å². The highest BCUT2D eigenvalue weighted by Crippen LogP contribution is 2.31. The zero-order valence-corrected chi connectivity index (χ0v) is 9.03. The van der Waals surface area contributed by atoms with Gasteiger partial charge in [-0.05, 0) is 38.0 Å². The number of rotatable bonds is 2. The van der Waals surface area contributed by atoms with Crippen LogP contribution in [0.2, 0.25) is 0 Å². The summed E-state index contributed by atoms with van der Waals surface area (Å²) >= 11 is 0. The van der Waals surface area contributed by atoms with E-state index in [1.54, 1.807) is 6.07 Å². The monoisotopic (exact) mass is 205 g/mol. The average Bonchev–Trinajstić information content (AvgIpc) is 2.59. The molecule has 1 aliphatic heterocycles. The Morgan fingerprint density at radius 3 is 2.80 bits per heavy atom. The number of nitrogens with zero attached hydrogens (tertiary/aromatic N) is 1. The molecule has 0 amide bonds. The number of benzene rings is 1. The zero-order valence-electron chi connectivity index (χ0n) is 9.03. The van der Waals surface area contributed by atoms with Crippen molar-refractivity contribution in [3.05, 3.63) is 29.3 Å². The highest BCUT2D eigenvalue weighted by molar-refractivity contribution is 5.92. The SMILES string of the molecule is CC(C)N1CCc2c(C(=O)O)cccc21. The van der Waals surface area contributed by atoms with Crippen LogP contribution >= 0.6 is 0 Å². The van der Waals surface area contributed by atoms with Crippen molar-refractivity contribution >= 4 is 11.7 Å². The summed E-state index contributed by atoms with van der Waals surface area (Å²) in [6, 6.07) is 5.94. The van der Waals surface area contributed by atoms with Crippen LogP contribution < -0.4 is 4.90 Å².